The fourth-order valence-corrected chi connectivity index (χ4v) is 4.86. The van der Waals surface area contributed by atoms with Gasteiger partial charge >= 0.3 is 29.6 Å². The number of likely N-dealkylation sites (N-methyl/N-ethyl adjacent to an activating group) is 2. The van der Waals surface area contributed by atoms with Gasteiger partial charge in [-0.3, -0.25) is 23.9 Å². The van der Waals surface area contributed by atoms with Crippen LogP contribution >= 0.6 is 24.0 Å². The molecule has 0 spiro atoms. The number of benzene rings is 1. The molecule has 2 amide bonds. The summed E-state index contributed by atoms with van der Waals surface area (Å²) < 4.78 is 31.1. The number of carbonyl (C=O) groups excluding carboxylic acids is 2. The first-order valence-corrected chi connectivity index (χ1v) is 12.1. The minimum atomic E-state index is -4.02. The van der Waals surface area contributed by atoms with Crippen LogP contribution in [0.1, 0.15) is 7.85 Å². The molecule has 32 heavy (non-hydrogen) atoms. The molecule has 1 N–H and O–H groups in total. The minimum absolute atomic E-state index is 0. The molecular formula is C20H22N3NaO5S3. The summed E-state index contributed by atoms with van der Waals surface area (Å²) >= 11 is 6.59. The number of rotatable bonds is 6. The van der Waals surface area contributed by atoms with E-state index < -0.39 is 21.9 Å². The number of thiocarbonyl (C=S) groups is 1. The number of amides is 2. The van der Waals surface area contributed by atoms with E-state index in [4.69, 9.17) is 16.8 Å². The summed E-state index contributed by atoms with van der Waals surface area (Å²) in [4.78, 5) is 30.2. The third kappa shape index (κ3) is 6.10. The zero-order chi connectivity index (χ0) is 22.8. The van der Waals surface area contributed by atoms with E-state index >= 15 is 0 Å². The summed E-state index contributed by atoms with van der Waals surface area (Å²) in [5.74, 6) is -1.24. The van der Waals surface area contributed by atoms with Crippen molar-refractivity contribution in [3.05, 3.63) is 59.2 Å². The maximum absolute atomic E-state index is 12.3. The molecule has 0 radical (unpaired) electrons. The summed E-state index contributed by atoms with van der Waals surface area (Å²) in [6.07, 6.45) is 6.86. The normalized spacial score (nSPS) is 18.0. The SMILES string of the molecule is CN1C(=O)C(=CC=CC=C2Sc3ccccc3N2CCCS(=O)(=O)O)C(=O)N(C)C1=S.[H-].[Na+]. The zero-order valence-electron chi connectivity index (χ0n) is 18.9. The average Bonchev–Trinajstić information content (AvgIpc) is 3.07. The van der Waals surface area contributed by atoms with Crippen molar-refractivity contribution in [3.8, 4) is 0 Å². The Morgan fingerprint density at radius 1 is 1.09 bits per heavy atom. The quantitative estimate of drug-likeness (QED) is 0.183. The summed E-state index contributed by atoms with van der Waals surface area (Å²) in [5.41, 5.74) is 0.968. The van der Waals surface area contributed by atoms with E-state index in [2.05, 4.69) is 0 Å². The van der Waals surface area contributed by atoms with Crippen molar-refractivity contribution >= 4 is 56.7 Å². The third-order valence-corrected chi connectivity index (χ3v) is 7.16. The molecule has 8 nitrogen and oxygen atoms in total. The number of anilines is 1. The molecular weight excluding hydrogens is 481 g/mol. The van der Waals surface area contributed by atoms with E-state index in [1.54, 1.807) is 12.2 Å². The van der Waals surface area contributed by atoms with Gasteiger partial charge in [-0.25, -0.2) is 0 Å². The molecule has 0 aliphatic carbocycles. The van der Waals surface area contributed by atoms with Crippen LogP contribution in [0.3, 0.4) is 0 Å². The topological polar surface area (TPSA) is 98.2 Å². The number of thioether (sulfide) groups is 1. The van der Waals surface area contributed by atoms with Crippen molar-refractivity contribution in [1.82, 2.24) is 9.80 Å². The van der Waals surface area contributed by atoms with E-state index in [1.165, 1.54) is 41.7 Å². The van der Waals surface area contributed by atoms with Crippen molar-refractivity contribution in [1.29, 1.82) is 0 Å². The van der Waals surface area contributed by atoms with Crippen LogP contribution in [-0.2, 0) is 19.7 Å². The second-order valence-electron chi connectivity index (χ2n) is 6.84. The molecule has 2 heterocycles. The maximum atomic E-state index is 12.3. The van der Waals surface area contributed by atoms with Crippen molar-refractivity contribution in [2.24, 2.45) is 0 Å². The van der Waals surface area contributed by atoms with Crippen molar-refractivity contribution in [3.63, 3.8) is 0 Å². The van der Waals surface area contributed by atoms with Crippen LogP contribution in [-0.4, -0.2) is 66.1 Å². The minimum Gasteiger partial charge on any atom is -1.00 e. The monoisotopic (exact) mass is 503 g/mol. The number of hydrogen-bond donors (Lipinski definition) is 1. The number of para-hydroxylation sites is 1. The predicted octanol–water partition coefficient (Wildman–Crippen LogP) is -0.468. The van der Waals surface area contributed by atoms with E-state index in [-0.39, 0.29) is 53.8 Å². The van der Waals surface area contributed by atoms with Gasteiger partial charge in [-0.2, -0.15) is 8.42 Å². The van der Waals surface area contributed by atoms with Crippen LogP contribution in [0.15, 0.2) is 64.1 Å². The second-order valence-corrected chi connectivity index (χ2v) is 9.84. The molecule has 0 saturated carbocycles. The smallest absolute Gasteiger partial charge is 1.00 e. The Labute approximate surface area is 220 Å². The Bertz CT molecular complexity index is 1110. The third-order valence-electron chi connectivity index (χ3n) is 4.68. The molecule has 0 aromatic heterocycles. The number of allylic oxidation sites excluding steroid dienone is 4. The summed E-state index contributed by atoms with van der Waals surface area (Å²) in [5, 5.41) is 1.02. The van der Waals surface area contributed by atoms with Crippen LogP contribution in [0, 0.1) is 0 Å². The molecule has 1 fully saturated rings. The number of carbonyl (C=O) groups is 2. The zero-order valence-corrected chi connectivity index (χ0v) is 22.3. The summed E-state index contributed by atoms with van der Waals surface area (Å²) in [6, 6.07) is 7.73. The molecule has 2 aliphatic heterocycles. The first kappa shape index (κ1) is 26.8. The average molecular weight is 504 g/mol. The van der Waals surface area contributed by atoms with Crippen molar-refractivity contribution < 1.29 is 53.5 Å². The fourth-order valence-electron chi connectivity index (χ4n) is 3.10. The van der Waals surface area contributed by atoms with Crippen LogP contribution in [0.2, 0.25) is 0 Å². The molecule has 0 atom stereocenters. The van der Waals surface area contributed by atoms with E-state index in [1.807, 2.05) is 35.2 Å². The summed E-state index contributed by atoms with van der Waals surface area (Å²) in [7, 11) is -0.987. The van der Waals surface area contributed by atoms with Crippen LogP contribution in [0.5, 0.6) is 0 Å². The van der Waals surface area contributed by atoms with Gasteiger partial charge in [0.15, 0.2) is 5.11 Å². The molecule has 2 aliphatic rings. The van der Waals surface area contributed by atoms with E-state index in [0.717, 1.165) is 15.6 Å². The molecule has 0 unspecified atom stereocenters. The maximum Gasteiger partial charge on any atom is 1.00 e. The number of fused-ring (bicyclic) bond motifs is 1. The Hall–Kier alpha value is -1.47. The first-order valence-electron chi connectivity index (χ1n) is 9.28. The van der Waals surface area contributed by atoms with E-state index in [0.29, 0.717) is 6.54 Å². The van der Waals surface area contributed by atoms with Crippen LogP contribution in [0.4, 0.5) is 5.69 Å². The first-order chi connectivity index (χ1) is 14.6. The van der Waals surface area contributed by atoms with Gasteiger partial charge in [-0.1, -0.05) is 36.0 Å². The van der Waals surface area contributed by atoms with E-state index in [9.17, 15) is 18.0 Å². The Balaban J connectivity index is 0.00000272. The largest absolute Gasteiger partial charge is 1.00 e. The predicted molar refractivity (Wildman–Crippen MR) is 125 cm³/mol. The van der Waals surface area contributed by atoms with Crippen molar-refractivity contribution in [2.45, 2.75) is 11.3 Å². The molecule has 3 rings (SSSR count). The molecule has 1 saturated heterocycles. The standard InChI is InChI=1S/C20H21N3O5S3.Na.H/c1-21-18(24)14(19(25)22(2)20(21)29)8-3-6-11-17-23(12-7-13-31(26,27)28)15-9-4-5-10-16(15)30-17;;/h3-6,8-11H,7,12-13H2,1-2H3,(H,26,27,28);;/q;+1;-1. The molecule has 1 aromatic rings. The molecule has 12 heteroatoms. The molecule has 1 aromatic carbocycles. The van der Waals surface area contributed by atoms with Gasteiger partial charge in [0.25, 0.3) is 21.9 Å². The Kier molecular flexibility index (Phi) is 9.29. The van der Waals surface area contributed by atoms with Crippen molar-refractivity contribution in [2.75, 3.05) is 31.3 Å². The fraction of sp³-hybridized carbons (Fsp3) is 0.250. The molecule has 166 valence electrons. The van der Waals surface area contributed by atoms with Gasteiger partial charge in [0.2, 0.25) is 0 Å². The van der Waals surface area contributed by atoms with Gasteiger partial charge in [0.1, 0.15) is 5.57 Å². The van der Waals surface area contributed by atoms with Gasteiger partial charge in [0.05, 0.1) is 16.5 Å². The van der Waals surface area contributed by atoms with Crippen LogP contribution in [0.25, 0.3) is 0 Å². The van der Waals surface area contributed by atoms with Crippen LogP contribution < -0.4 is 34.5 Å². The van der Waals surface area contributed by atoms with Gasteiger partial charge < -0.3 is 6.33 Å². The Morgan fingerprint density at radius 3 is 2.31 bits per heavy atom. The van der Waals surface area contributed by atoms with Gasteiger partial charge in [0, 0.05) is 25.5 Å². The van der Waals surface area contributed by atoms with Gasteiger partial charge in [-0.15, -0.1) is 0 Å². The second kappa shape index (κ2) is 11.1. The number of nitrogens with zero attached hydrogens (tertiary/aromatic N) is 3. The Morgan fingerprint density at radius 2 is 1.69 bits per heavy atom. The number of hydrogen-bond acceptors (Lipinski definition) is 7. The molecule has 0 bridgehead atoms. The van der Waals surface area contributed by atoms with Gasteiger partial charge in [-0.05, 0) is 42.9 Å². The summed E-state index contributed by atoms with van der Waals surface area (Å²) in [6.45, 7) is 0.411.